The van der Waals surface area contributed by atoms with Crippen molar-refractivity contribution in [2.45, 2.75) is 12.0 Å². The van der Waals surface area contributed by atoms with Crippen molar-refractivity contribution in [1.29, 1.82) is 0 Å². The Balaban J connectivity index is 0.00000200. The van der Waals surface area contributed by atoms with Crippen LogP contribution in [0.3, 0.4) is 0 Å². The second-order valence-electron chi connectivity index (χ2n) is 4.56. The zero-order valence-corrected chi connectivity index (χ0v) is 12.1. The van der Waals surface area contributed by atoms with Gasteiger partial charge in [-0.1, -0.05) is 42.5 Å². The maximum atomic E-state index is 13.0. The Kier molecular flexibility index (Phi) is 6.65. The van der Waals surface area contributed by atoms with Crippen LogP contribution in [0, 0.1) is 5.82 Å². The number of aliphatic hydroxyl groups is 1. The number of nitrogens with one attached hydrogen (secondary N) is 1. The summed E-state index contributed by atoms with van der Waals surface area (Å²) in [5, 5.41) is 13.3. The number of halogens is 2. The van der Waals surface area contributed by atoms with Gasteiger partial charge in [0.2, 0.25) is 0 Å². The van der Waals surface area contributed by atoms with E-state index in [2.05, 4.69) is 5.32 Å². The van der Waals surface area contributed by atoms with Gasteiger partial charge in [0.05, 0.1) is 6.10 Å². The summed E-state index contributed by atoms with van der Waals surface area (Å²) >= 11 is 0. The van der Waals surface area contributed by atoms with Crippen molar-refractivity contribution in [3.05, 3.63) is 71.5 Å². The second kappa shape index (κ2) is 8.00. The van der Waals surface area contributed by atoms with Gasteiger partial charge in [-0.25, -0.2) is 4.39 Å². The van der Waals surface area contributed by atoms with Crippen LogP contribution in [0.25, 0.3) is 0 Å². The van der Waals surface area contributed by atoms with Gasteiger partial charge in [-0.2, -0.15) is 0 Å². The summed E-state index contributed by atoms with van der Waals surface area (Å²) in [6.45, 7) is 0.483. The Morgan fingerprint density at radius 3 is 2.10 bits per heavy atom. The molecule has 0 aliphatic rings. The molecule has 20 heavy (non-hydrogen) atoms. The lowest BCUT2D eigenvalue weighted by Gasteiger charge is -2.24. The third-order valence-electron chi connectivity index (χ3n) is 3.19. The lowest BCUT2D eigenvalue weighted by atomic mass is 9.86. The first-order chi connectivity index (χ1) is 9.22. The Bertz CT molecular complexity index is 504. The summed E-state index contributed by atoms with van der Waals surface area (Å²) < 4.78 is 13.0. The van der Waals surface area contributed by atoms with E-state index in [0.29, 0.717) is 6.54 Å². The highest BCUT2D eigenvalue weighted by atomic mass is 35.5. The topological polar surface area (TPSA) is 32.3 Å². The van der Waals surface area contributed by atoms with Gasteiger partial charge in [0.15, 0.2) is 0 Å². The molecule has 0 aliphatic carbocycles. The number of hydrogen-bond donors (Lipinski definition) is 2. The molecule has 0 amide bonds. The molecule has 2 N–H and O–H groups in total. The number of likely N-dealkylation sites (N-methyl/N-ethyl adjacent to an activating group) is 1. The molecule has 2 unspecified atom stereocenters. The average Bonchev–Trinajstić information content (AvgIpc) is 2.43. The van der Waals surface area contributed by atoms with Crippen molar-refractivity contribution in [3.8, 4) is 0 Å². The lowest BCUT2D eigenvalue weighted by molar-refractivity contribution is 0.156. The van der Waals surface area contributed by atoms with Gasteiger partial charge in [-0.3, -0.25) is 0 Å². The largest absolute Gasteiger partial charge is 0.391 e. The second-order valence-corrected chi connectivity index (χ2v) is 4.56. The van der Waals surface area contributed by atoms with Crippen molar-refractivity contribution in [2.75, 3.05) is 13.6 Å². The normalized spacial score (nSPS) is 13.3. The Labute approximate surface area is 125 Å². The van der Waals surface area contributed by atoms with Gasteiger partial charge in [-0.05, 0) is 30.3 Å². The maximum absolute atomic E-state index is 13.0. The van der Waals surface area contributed by atoms with Crippen LogP contribution in [-0.4, -0.2) is 24.8 Å². The predicted octanol–water partition coefficient (Wildman–Crippen LogP) is 2.96. The first-order valence-corrected chi connectivity index (χ1v) is 6.35. The molecule has 4 heteroatoms. The van der Waals surface area contributed by atoms with Gasteiger partial charge in [0, 0.05) is 12.5 Å². The summed E-state index contributed by atoms with van der Waals surface area (Å²) in [5.41, 5.74) is 1.94. The van der Waals surface area contributed by atoms with Gasteiger partial charge in [0.25, 0.3) is 0 Å². The number of hydrogen-bond acceptors (Lipinski definition) is 2. The molecule has 2 nitrogen and oxygen atoms in total. The summed E-state index contributed by atoms with van der Waals surface area (Å²) in [7, 11) is 1.80. The fourth-order valence-corrected chi connectivity index (χ4v) is 2.29. The van der Waals surface area contributed by atoms with Gasteiger partial charge >= 0.3 is 0 Å². The summed E-state index contributed by atoms with van der Waals surface area (Å²) in [6.07, 6.45) is -0.558. The van der Waals surface area contributed by atoms with E-state index in [-0.39, 0.29) is 24.1 Å². The van der Waals surface area contributed by atoms with Crippen LogP contribution in [0.1, 0.15) is 17.0 Å². The molecule has 2 rings (SSSR count). The van der Waals surface area contributed by atoms with Crippen LogP contribution >= 0.6 is 12.4 Å². The van der Waals surface area contributed by atoms with Gasteiger partial charge in [0.1, 0.15) is 5.82 Å². The highest BCUT2D eigenvalue weighted by Gasteiger charge is 2.22. The van der Waals surface area contributed by atoms with E-state index < -0.39 is 6.10 Å². The third-order valence-corrected chi connectivity index (χ3v) is 3.19. The molecule has 0 aliphatic heterocycles. The standard InChI is InChI=1S/C16H18FNO.ClH/c1-18-11-15(19)16(12-5-3-2-4-6-12)13-7-9-14(17)10-8-13;/h2-10,15-16,18-19H,11H2,1H3;1H. The summed E-state index contributed by atoms with van der Waals surface area (Å²) in [4.78, 5) is 0. The minimum atomic E-state index is -0.558. The molecule has 0 saturated carbocycles. The van der Waals surface area contributed by atoms with Crippen molar-refractivity contribution >= 4 is 12.4 Å². The fourth-order valence-electron chi connectivity index (χ4n) is 2.29. The quantitative estimate of drug-likeness (QED) is 0.889. The molecule has 2 aromatic carbocycles. The highest BCUT2D eigenvalue weighted by molar-refractivity contribution is 5.85. The fraction of sp³-hybridized carbons (Fsp3) is 0.250. The van der Waals surface area contributed by atoms with Crippen LogP contribution in [0.15, 0.2) is 54.6 Å². The van der Waals surface area contributed by atoms with E-state index in [0.717, 1.165) is 11.1 Å². The monoisotopic (exact) mass is 295 g/mol. The molecule has 0 heterocycles. The molecule has 0 saturated heterocycles. The first-order valence-electron chi connectivity index (χ1n) is 6.35. The Morgan fingerprint density at radius 1 is 1.00 bits per heavy atom. The van der Waals surface area contributed by atoms with E-state index in [1.165, 1.54) is 12.1 Å². The van der Waals surface area contributed by atoms with E-state index in [1.54, 1.807) is 19.2 Å². The Hall–Kier alpha value is -1.42. The van der Waals surface area contributed by atoms with Crippen LogP contribution in [0.5, 0.6) is 0 Å². The highest BCUT2D eigenvalue weighted by Crippen LogP contribution is 2.28. The average molecular weight is 296 g/mol. The van der Waals surface area contributed by atoms with Crippen molar-refractivity contribution in [3.63, 3.8) is 0 Å². The maximum Gasteiger partial charge on any atom is 0.123 e. The molecular formula is C16H19ClFNO. The minimum absolute atomic E-state index is 0. The predicted molar refractivity (Wildman–Crippen MR) is 81.9 cm³/mol. The molecule has 0 aromatic heterocycles. The minimum Gasteiger partial charge on any atom is -0.391 e. The van der Waals surface area contributed by atoms with E-state index in [9.17, 15) is 9.50 Å². The zero-order chi connectivity index (χ0) is 13.7. The number of rotatable bonds is 5. The van der Waals surface area contributed by atoms with Crippen molar-refractivity contribution in [2.24, 2.45) is 0 Å². The zero-order valence-electron chi connectivity index (χ0n) is 11.3. The van der Waals surface area contributed by atoms with Crippen LogP contribution in [-0.2, 0) is 0 Å². The lowest BCUT2D eigenvalue weighted by Crippen LogP contribution is -2.30. The van der Waals surface area contributed by atoms with Crippen LogP contribution in [0.2, 0.25) is 0 Å². The molecule has 0 radical (unpaired) electrons. The Morgan fingerprint density at radius 2 is 1.55 bits per heavy atom. The van der Waals surface area contributed by atoms with Crippen molar-refractivity contribution < 1.29 is 9.50 Å². The third kappa shape index (κ3) is 4.04. The number of benzene rings is 2. The SMILES string of the molecule is CNCC(O)C(c1ccccc1)c1ccc(F)cc1.Cl. The molecule has 2 aromatic rings. The first kappa shape index (κ1) is 16.6. The van der Waals surface area contributed by atoms with Crippen molar-refractivity contribution in [1.82, 2.24) is 5.32 Å². The van der Waals surface area contributed by atoms with Crippen LogP contribution < -0.4 is 5.32 Å². The molecule has 0 bridgehead atoms. The molecule has 0 spiro atoms. The van der Waals surface area contributed by atoms with E-state index >= 15 is 0 Å². The van der Waals surface area contributed by atoms with Gasteiger partial charge < -0.3 is 10.4 Å². The molecule has 108 valence electrons. The van der Waals surface area contributed by atoms with Gasteiger partial charge in [-0.15, -0.1) is 12.4 Å². The molecule has 0 fully saturated rings. The van der Waals surface area contributed by atoms with E-state index in [4.69, 9.17) is 0 Å². The molecule has 2 atom stereocenters. The van der Waals surface area contributed by atoms with E-state index in [1.807, 2.05) is 30.3 Å². The smallest absolute Gasteiger partial charge is 0.123 e. The summed E-state index contributed by atoms with van der Waals surface area (Å²) in [5.74, 6) is -0.423. The van der Waals surface area contributed by atoms with Crippen LogP contribution in [0.4, 0.5) is 4.39 Å². The summed E-state index contributed by atoms with van der Waals surface area (Å²) in [6, 6.07) is 16.1. The molecular weight excluding hydrogens is 277 g/mol. The number of aliphatic hydroxyl groups excluding tert-OH is 1.